The molecule has 2 heterocycles. The number of thiazole rings is 1. The van der Waals surface area contributed by atoms with E-state index in [0.717, 1.165) is 19.5 Å². The molecule has 0 bridgehead atoms. The van der Waals surface area contributed by atoms with Crippen molar-refractivity contribution in [3.63, 3.8) is 0 Å². The molecule has 1 aliphatic heterocycles. The van der Waals surface area contributed by atoms with Gasteiger partial charge >= 0.3 is 0 Å². The smallest absolute Gasteiger partial charge is 0.263 e. The van der Waals surface area contributed by atoms with Gasteiger partial charge in [0.05, 0.1) is 10.7 Å². The zero-order chi connectivity index (χ0) is 25.4. The number of allylic oxidation sites excluding steroid dienone is 2. The number of aryl methyl sites for hydroxylation is 5. The van der Waals surface area contributed by atoms with Gasteiger partial charge in [0, 0.05) is 23.6 Å². The van der Waals surface area contributed by atoms with Crippen LogP contribution in [0.25, 0.3) is 16.3 Å². The summed E-state index contributed by atoms with van der Waals surface area (Å²) in [6.07, 6.45) is 5.76. The number of rotatable bonds is 6. The first-order chi connectivity index (χ1) is 17.4. The summed E-state index contributed by atoms with van der Waals surface area (Å²) in [6.45, 7) is 15.3. The summed E-state index contributed by atoms with van der Waals surface area (Å²) >= 11 is 3.81. The minimum atomic E-state index is 0.910. The number of thioether (sulfide) groups is 1. The van der Waals surface area contributed by atoms with E-state index < -0.39 is 0 Å². The van der Waals surface area contributed by atoms with Crippen molar-refractivity contribution in [3.05, 3.63) is 104 Å². The van der Waals surface area contributed by atoms with E-state index in [2.05, 4.69) is 118 Å². The van der Waals surface area contributed by atoms with Gasteiger partial charge in [-0.2, -0.15) is 4.57 Å². The Bertz CT molecular complexity index is 1490. The van der Waals surface area contributed by atoms with Crippen molar-refractivity contribution < 1.29 is 4.57 Å². The van der Waals surface area contributed by atoms with Gasteiger partial charge in [-0.15, -0.1) is 0 Å². The fraction of sp³-hybridized carbons (Fsp3) is 0.281. The van der Waals surface area contributed by atoms with Gasteiger partial charge in [0.2, 0.25) is 5.52 Å². The van der Waals surface area contributed by atoms with Crippen molar-refractivity contribution in [1.82, 2.24) is 0 Å². The van der Waals surface area contributed by atoms with Gasteiger partial charge in [0.25, 0.3) is 5.01 Å². The Morgan fingerprint density at radius 1 is 0.889 bits per heavy atom. The normalized spacial score (nSPS) is 14.8. The third-order valence-electron chi connectivity index (χ3n) is 7.19. The summed E-state index contributed by atoms with van der Waals surface area (Å²) < 4.78 is 3.83. The highest BCUT2D eigenvalue weighted by atomic mass is 32.2. The third kappa shape index (κ3) is 4.77. The quantitative estimate of drug-likeness (QED) is 0.239. The van der Waals surface area contributed by atoms with E-state index in [1.807, 2.05) is 23.1 Å². The highest BCUT2D eigenvalue weighted by Crippen LogP contribution is 2.47. The number of hydrogen-bond donors (Lipinski definition) is 0. The highest BCUT2D eigenvalue weighted by Gasteiger charge is 2.25. The topological polar surface area (TPSA) is 7.12 Å². The zero-order valence-electron chi connectivity index (χ0n) is 22.2. The summed E-state index contributed by atoms with van der Waals surface area (Å²) in [5.41, 5.74) is 10.8. The highest BCUT2D eigenvalue weighted by molar-refractivity contribution is 8.03. The van der Waals surface area contributed by atoms with Crippen LogP contribution in [0.5, 0.6) is 0 Å². The second-order valence-corrected chi connectivity index (χ2v) is 11.8. The predicted molar refractivity (Wildman–Crippen MR) is 158 cm³/mol. The van der Waals surface area contributed by atoms with E-state index in [9.17, 15) is 0 Å². The average Bonchev–Trinajstić information content (AvgIpc) is 3.35. The second-order valence-electron chi connectivity index (χ2n) is 9.70. The first-order valence-electron chi connectivity index (χ1n) is 12.8. The first kappa shape index (κ1) is 24.9. The van der Waals surface area contributed by atoms with Crippen LogP contribution in [0, 0.1) is 27.7 Å². The molecule has 0 saturated carbocycles. The lowest BCUT2D eigenvalue weighted by molar-refractivity contribution is -0.665. The molecule has 0 saturated heterocycles. The standard InChI is InChI=1S/C32H35N2S2/c1-7-33-27-14-21(3)23(5)16-29(27)35-31(33)19-26(18-25-12-10-9-11-13-25)20-32-34(8-2)28-15-22(4)24(6)17-30(28)36-32/h9-17,19-20H,7-8,18H2,1-6H3/q+1. The van der Waals surface area contributed by atoms with Crippen molar-refractivity contribution >= 4 is 45.1 Å². The van der Waals surface area contributed by atoms with Crippen LogP contribution in [0.3, 0.4) is 0 Å². The average molecular weight is 512 g/mol. The molecule has 5 rings (SSSR count). The summed E-state index contributed by atoms with van der Waals surface area (Å²) in [4.78, 5) is 3.83. The number of anilines is 1. The van der Waals surface area contributed by atoms with Gasteiger partial charge in [0.1, 0.15) is 11.2 Å². The Morgan fingerprint density at radius 2 is 1.58 bits per heavy atom. The summed E-state index contributed by atoms with van der Waals surface area (Å²) in [5.74, 6) is 0. The SMILES string of the molecule is CCN1/C(=C/C(=C/c2sc3cc(C)c(C)cc3[n+]2CC)Cc2ccccc2)Sc2cc(C)c(C)cc21. The Kier molecular flexibility index (Phi) is 7.09. The predicted octanol–water partition coefficient (Wildman–Crippen LogP) is 8.54. The molecule has 0 spiro atoms. The first-order valence-corrected chi connectivity index (χ1v) is 14.5. The Morgan fingerprint density at radius 3 is 2.31 bits per heavy atom. The Hall–Kier alpha value is -2.82. The van der Waals surface area contributed by atoms with Crippen molar-refractivity contribution in [2.24, 2.45) is 0 Å². The van der Waals surface area contributed by atoms with Crippen LogP contribution >= 0.6 is 23.1 Å². The molecule has 4 aromatic rings. The molecule has 2 nitrogen and oxygen atoms in total. The van der Waals surface area contributed by atoms with Crippen LogP contribution in [0.1, 0.15) is 46.7 Å². The lowest BCUT2D eigenvalue weighted by atomic mass is 10.0. The van der Waals surface area contributed by atoms with E-state index >= 15 is 0 Å². The maximum atomic E-state index is 2.47. The van der Waals surface area contributed by atoms with Gasteiger partial charge in [0.15, 0.2) is 0 Å². The number of nitrogens with zero attached hydrogens (tertiary/aromatic N) is 2. The van der Waals surface area contributed by atoms with Crippen LogP contribution in [0.2, 0.25) is 0 Å². The minimum absolute atomic E-state index is 0.910. The Labute approximate surface area is 224 Å². The third-order valence-corrected chi connectivity index (χ3v) is 9.38. The molecule has 1 aromatic heterocycles. The fourth-order valence-electron chi connectivity index (χ4n) is 4.87. The molecule has 0 aliphatic carbocycles. The van der Waals surface area contributed by atoms with E-state index in [4.69, 9.17) is 0 Å². The molecular weight excluding hydrogens is 477 g/mol. The van der Waals surface area contributed by atoms with Crippen molar-refractivity contribution in [2.75, 3.05) is 11.4 Å². The Balaban J connectivity index is 1.63. The van der Waals surface area contributed by atoms with Crippen LogP contribution < -0.4 is 9.47 Å². The molecule has 0 fully saturated rings. The minimum Gasteiger partial charge on any atom is -0.335 e. The lowest BCUT2D eigenvalue weighted by Crippen LogP contribution is -2.33. The molecule has 0 atom stereocenters. The molecule has 0 amide bonds. The van der Waals surface area contributed by atoms with Crippen molar-refractivity contribution in [2.45, 2.75) is 59.4 Å². The summed E-state index contributed by atoms with van der Waals surface area (Å²) in [5, 5.41) is 2.63. The molecule has 36 heavy (non-hydrogen) atoms. The van der Waals surface area contributed by atoms with Gasteiger partial charge in [-0.1, -0.05) is 53.4 Å². The largest absolute Gasteiger partial charge is 0.335 e. The van der Waals surface area contributed by atoms with E-state index in [1.165, 1.54) is 64.2 Å². The molecule has 4 heteroatoms. The molecule has 0 unspecified atom stereocenters. The molecule has 184 valence electrons. The van der Waals surface area contributed by atoms with E-state index in [1.54, 1.807) is 0 Å². The van der Waals surface area contributed by atoms with Crippen molar-refractivity contribution in [3.8, 4) is 0 Å². The van der Waals surface area contributed by atoms with Gasteiger partial charge < -0.3 is 4.90 Å². The summed E-state index contributed by atoms with van der Waals surface area (Å²) in [7, 11) is 0. The number of benzene rings is 3. The molecule has 3 aromatic carbocycles. The van der Waals surface area contributed by atoms with Gasteiger partial charge in [-0.25, -0.2) is 0 Å². The number of fused-ring (bicyclic) bond motifs is 2. The summed E-state index contributed by atoms with van der Waals surface area (Å²) in [6, 6.07) is 20.2. The van der Waals surface area contributed by atoms with Crippen LogP contribution in [0.4, 0.5) is 5.69 Å². The molecule has 1 aliphatic rings. The van der Waals surface area contributed by atoms with Gasteiger partial charge in [-0.3, -0.25) is 0 Å². The van der Waals surface area contributed by atoms with E-state index in [-0.39, 0.29) is 0 Å². The maximum Gasteiger partial charge on any atom is 0.263 e. The van der Waals surface area contributed by atoms with Crippen LogP contribution in [-0.4, -0.2) is 6.54 Å². The van der Waals surface area contributed by atoms with Crippen LogP contribution in [-0.2, 0) is 13.0 Å². The van der Waals surface area contributed by atoms with Crippen molar-refractivity contribution in [1.29, 1.82) is 0 Å². The second kappa shape index (κ2) is 10.3. The zero-order valence-corrected chi connectivity index (χ0v) is 23.8. The number of hydrogen-bond acceptors (Lipinski definition) is 3. The fourth-order valence-corrected chi connectivity index (χ4v) is 7.43. The van der Waals surface area contributed by atoms with Crippen LogP contribution in [0.15, 0.2) is 76.2 Å². The lowest BCUT2D eigenvalue weighted by Gasteiger charge is -2.19. The molecule has 0 radical (unpaired) electrons. The maximum absolute atomic E-state index is 2.47. The van der Waals surface area contributed by atoms with Gasteiger partial charge in [-0.05, 0) is 106 Å². The monoisotopic (exact) mass is 511 g/mol. The van der Waals surface area contributed by atoms with E-state index in [0.29, 0.717) is 0 Å². The number of aromatic nitrogens is 1. The molecular formula is C32H35N2S2+. The molecule has 0 N–H and O–H groups in total.